The summed E-state index contributed by atoms with van der Waals surface area (Å²) in [6, 6.07) is 5.70. The fourth-order valence-corrected chi connectivity index (χ4v) is 3.54. The van der Waals surface area contributed by atoms with Crippen molar-refractivity contribution in [3.05, 3.63) is 45.8 Å². The molecule has 0 saturated heterocycles. The molecular weight excluding hydrogens is 394 g/mol. The summed E-state index contributed by atoms with van der Waals surface area (Å²) in [6.45, 7) is 4.42. The molecule has 1 fully saturated rings. The Bertz CT molecular complexity index is 991. The molecule has 0 aromatic carbocycles. The third-order valence-electron chi connectivity index (χ3n) is 4.76. The first-order chi connectivity index (χ1) is 12.5. The number of amides is 1. The van der Waals surface area contributed by atoms with Gasteiger partial charge in [0.2, 0.25) is 0 Å². The van der Waals surface area contributed by atoms with Gasteiger partial charge in [-0.3, -0.25) is 14.4 Å². The van der Waals surface area contributed by atoms with E-state index in [1.165, 1.54) is 0 Å². The summed E-state index contributed by atoms with van der Waals surface area (Å²) in [5.41, 5.74) is 3.24. The van der Waals surface area contributed by atoms with E-state index in [0.29, 0.717) is 23.8 Å². The molecule has 134 valence electrons. The highest BCUT2D eigenvalue weighted by Gasteiger charge is 2.30. The Hall–Kier alpha value is -2.28. The van der Waals surface area contributed by atoms with Gasteiger partial charge in [0.1, 0.15) is 5.82 Å². The molecule has 0 atom stereocenters. The highest BCUT2D eigenvalue weighted by atomic mass is 79.9. The van der Waals surface area contributed by atoms with Gasteiger partial charge in [0.25, 0.3) is 5.91 Å². The summed E-state index contributed by atoms with van der Waals surface area (Å²) in [5, 5.41) is 5.32. The van der Waals surface area contributed by atoms with Gasteiger partial charge in [-0.25, -0.2) is 9.97 Å². The molecular formula is C19H20BrN5O. The van der Waals surface area contributed by atoms with E-state index in [2.05, 4.69) is 26.0 Å². The molecule has 1 amide bonds. The number of carbonyl (C=O) groups excluding carboxylic acids is 1. The molecule has 0 aliphatic heterocycles. The first-order valence-electron chi connectivity index (χ1n) is 8.77. The van der Waals surface area contributed by atoms with Crippen molar-refractivity contribution in [3.63, 3.8) is 0 Å². The fraction of sp³-hybridized carbons (Fsp3) is 0.368. The van der Waals surface area contributed by atoms with E-state index in [1.807, 2.05) is 39.1 Å². The smallest absolute Gasteiger partial charge is 0.260 e. The largest absolute Gasteiger partial charge is 0.293 e. The van der Waals surface area contributed by atoms with Gasteiger partial charge in [0.05, 0.1) is 16.6 Å². The molecule has 3 aromatic heterocycles. The summed E-state index contributed by atoms with van der Waals surface area (Å²) < 4.78 is 2.65. The van der Waals surface area contributed by atoms with Gasteiger partial charge in [0, 0.05) is 35.9 Å². The number of aromatic nitrogens is 4. The Morgan fingerprint density at radius 1 is 1.38 bits per heavy atom. The van der Waals surface area contributed by atoms with Crippen molar-refractivity contribution in [1.82, 2.24) is 19.7 Å². The maximum atomic E-state index is 13.4. The molecule has 0 bridgehead atoms. The SMILES string of the molecule is CCN(C(=O)c1cc(C2CC2)nc2c1c(C)nn2C)c1ccc(Br)cn1. The van der Waals surface area contributed by atoms with Crippen molar-refractivity contribution in [1.29, 1.82) is 0 Å². The summed E-state index contributed by atoms with van der Waals surface area (Å²) in [5.74, 6) is 1.04. The number of anilines is 1. The molecule has 7 heteroatoms. The number of nitrogens with zero attached hydrogens (tertiary/aromatic N) is 5. The number of hydrogen-bond donors (Lipinski definition) is 0. The Balaban J connectivity index is 1.86. The van der Waals surface area contributed by atoms with Gasteiger partial charge in [0.15, 0.2) is 5.65 Å². The third kappa shape index (κ3) is 2.90. The number of pyridine rings is 2. The standard InChI is InChI=1S/C19H20BrN5O/c1-4-25(16-8-7-13(20)10-21-16)19(26)14-9-15(12-5-6-12)22-18-17(14)11(2)23-24(18)3/h7-10,12H,4-6H2,1-3H3. The molecule has 1 aliphatic rings. The van der Waals surface area contributed by atoms with Crippen LogP contribution in [0.4, 0.5) is 5.82 Å². The van der Waals surface area contributed by atoms with Crippen LogP contribution >= 0.6 is 15.9 Å². The van der Waals surface area contributed by atoms with Crippen molar-refractivity contribution in [2.75, 3.05) is 11.4 Å². The minimum Gasteiger partial charge on any atom is -0.293 e. The molecule has 0 N–H and O–H groups in total. The molecule has 1 saturated carbocycles. The van der Waals surface area contributed by atoms with Crippen LogP contribution in [0.1, 0.15) is 47.4 Å². The number of aryl methyl sites for hydroxylation is 2. The van der Waals surface area contributed by atoms with Crippen molar-refractivity contribution in [2.24, 2.45) is 7.05 Å². The average Bonchev–Trinajstić information content (AvgIpc) is 3.43. The normalized spacial score (nSPS) is 14.0. The topological polar surface area (TPSA) is 63.9 Å². The Labute approximate surface area is 160 Å². The predicted octanol–water partition coefficient (Wildman–Crippen LogP) is 3.98. The number of rotatable bonds is 4. The lowest BCUT2D eigenvalue weighted by atomic mass is 10.1. The van der Waals surface area contributed by atoms with E-state index in [-0.39, 0.29) is 5.91 Å². The first-order valence-corrected chi connectivity index (χ1v) is 9.56. The zero-order valence-electron chi connectivity index (χ0n) is 15.0. The molecule has 6 nitrogen and oxygen atoms in total. The van der Waals surface area contributed by atoms with Crippen LogP contribution in [0.2, 0.25) is 0 Å². The number of fused-ring (bicyclic) bond motifs is 1. The molecule has 3 aromatic rings. The van der Waals surface area contributed by atoms with E-state index < -0.39 is 0 Å². The molecule has 3 heterocycles. The highest BCUT2D eigenvalue weighted by molar-refractivity contribution is 9.10. The van der Waals surface area contributed by atoms with Crippen LogP contribution in [0.5, 0.6) is 0 Å². The molecule has 26 heavy (non-hydrogen) atoms. The van der Waals surface area contributed by atoms with Crippen LogP contribution in [0, 0.1) is 6.92 Å². The summed E-state index contributed by atoms with van der Waals surface area (Å²) in [6.07, 6.45) is 3.97. The van der Waals surface area contributed by atoms with Crippen molar-refractivity contribution >= 4 is 38.7 Å². The van der Waals surface area contributed by atoms with Gasteiger partial charge in [-0.2, -0.15) is 5.10 Å². The summed E-state index contributed by atoms with van der Waals surface area (Å²) >= 11 is 3.39. The second-order valence-electron chi connectivity index (χ2n) is 6.66. The maximum Gasteiger partial charge on any atom is 0.260 e. The van der Waals surface area contributed by atoms with Gasteiger partial charge < -0.3 is 0 Å². The van der Waals surface area contributed by atoms with E-state index in [9.17, 15) is 4.79 Å². The van der Waals surface area contributed by atoms with Gasteiger partial charge in [-0.1, -0.05) is 0 Å². The van der Waals surface area contributed by atoms with Crippen LogP contribution in [0.25, 0.3) is 11.0 Å². The molecule has 4 rings (SSSR count). The molecule has 0 radical (unpaired) electrons. The molecule has 1 aliphatic carbocycles. The minimum atomic E-state index is -0.0623. The van der Waals surface area contributed by atoms with Gasteiger partial charge >= 0.3 is 0 Å². The lowest BCUT2D eigenvalue weighted by molar-refractivity contribution is 0.0989. The first kappa shape index (κ1) is 17.1. The Morgan fingerprint density at radius 3 is 2.77 bits per heavy atom. The monoisotopic (exact) mass is 413 g/mol. The quantitative estimate of drug-likeness (QED) is 0.648. The lowest BCUT2D eigenvalue weighted by Gasteiger charge is -2.21. The van der Waals surface area contributed by atoms with E-state index >= 15 is 0 Å². The van der Waals surface area contributed by atoms with E-state index in [1.54, 1.807) is 15.8 Å². The van der Waals surface area contributed by atoms with E-state index in [4.69, 9.17) is 4.98 Å². The summed E-state index contributed by atoms with van der Waals surface area (Å²) in [4.78, 5) is 24.3. The van der Waals surface area contributed by atoms with Crippen molar-refractivity contribution < 1.29 is 4.79 Å². The molecule has 0 unspecified atom stereocenters. The van der Waals surface area contributed by atoms with Gasteiger partial charge in [-0.15, -0.1) is 0 Å². The van der Waals surface area contributed by atoms with Gasteiger partial charge in [-0.05, 0) is 60.8 Å². The number of hydrogen-bond acceptors (Lipinski definition) is 4. The maximum absolute atomic E-state index is 13.4. The summed E-state index contributed by atoms with van der Waals surface area (Å²) in [7, 11) is 1.88. The average molecular weight is 414 g/mol. The number of carbonyl (C=O) groups is 1. The van der Waals surface area contributed by atoms with Crippen LogP contribution in [-0.4, -0.2) is 32.2 Å². The van der Waals surface area contributed by atoms with Crippen molar-refractivity contribution in [3.8, 4) is 0 Å². The van der Waals surface area contributed by atoms with Crippen LogP contribution in [0.15, 0.2) is 28.9 Å². The Kier molecular flexibility index (Phi) is 4.26. The third-order valence-corrected chi connectivity index (χ3v) is 5.23. The second-order valence-corrected chi connectivity index (χ2v) is 7.58. The predicted molar refractivity (Wildman–Crippen MR) is 105 cm³/mol. The van der Waals surface area contributed by atoms with E-state index in [0.717, 1.165) is 39.7 Å². The Morgan fingerprint density at radius 2 is 2.15 bits per heavy atom. The highest BCUT2D eigenvalue weighted by Crippen LogP contribution is 2.40. The van der Waals surface area contributed by atoms with Crippen LogP contribution in [-0.2, 0) is 7.05 Å². The van der Waals surface area contributed by atoms with Crippen molar-refractivity contribution in [2.45, 2.75) is 32.6 Å². The zero-order chi connectivity index (χ0) is 18.4. The van der Waals surface area contributed by atoms with Crippen LogP contribution < -0.4 is 4.90 Å². The lowest BCUT2D eigenvalue weighted by Crippen LogP contribution is -2.31. The van der Waals surface area contributed by atoms with Crippen LogP contribution in [0.3, 0.4) is 0 Å². The fourth-order valence-electron chi connectivity index (χ4n) is 3.30. The zero-order valence-corrected chi connectivity index (χ0v) is 16.6. The second kappa shape index (κ2) is 6.46. The minimum absolute atomic E-state index is 0.0623. The molecule has 0 spiro atoms. The number of halogens is 1.